The summed E-state index contributed by atoms with van der Waals surface area (Å²) in [4.78, 5) is 41.2. The highest BCUT2D eigenvalue weighted by molar-refractivity contribution is 6.09. The minimum absolute atomic E-state index is 0.0391. The van der Waals surface area contributed by atoms with Crippen LogP contribution in [0.3, 0.4) is 0 Å². The Balaban J connectivity index is 1.99. The number of esters is 1. The Bertz CT molecular complexity index is 985. The fraction of sp³-hybridized carbons (Fsp3) is 0.458. The number of allylic oxidation sites excluding steroid dienone is 2. The molecular formula is C24H28N2O4. The van der Waals surface area contributed by atoms with Gasteiger partial charge in [-0.1, -0.05) is 45.0 Å². The van der Waals surface area contributed by atoms with E-state index in [0.717, 1.165) is 17.7 Å². The largest absolute Gasteiger partial charge is 0.466 e. The summed E-state index contributed by atoms with van der Waals surface area (Å²) in [7, 11) is 1.31. The number of ketones is 1. The fourth-order valence-electron chi connectivity index (χ4n) is 4.89. The molecule has 0 unspecified atom stereocenters. The summed E-state index contributed by atoms with van der Waals surface area (Å²) in [6, 6.07) is 7.95. The Morgan fingerprint density at radius 2 is 1.90 bits per heavy atom. The molecule has 30 heavy (non-hydrogen) atoms. The van der Waals surface area contributed by atoms with Gasteiger partial charge in [-0.15, -0.1) is 0 Å². The number of carbonyl (C=O) groups is 3. The number of Topliss-reactive ketones (excluding diaryl/α,β-unsaturated/α-hetero) is 1. The van der Waals surface area contributed by atoms with E-state index < -0.39 is 11.9 Å². The molecule has 1 aromatic carbocycles. The van der Waals surface area contributed by atoms with Gasteiger partial charge in [-0.25, -0.2) is 4.79 Å². The summed E-state index contributed by atoms with van der Waals surface area (Å²) in [6.45, 7) is 7.23. The van der Waals surface area contributed by atoms with Gasteiger partial charge in [-0.2, -0.15) is 0 Å². The highest BCUT2D eigenvalue weighted by Crippen LogP contribution is 2.50. The van der Waals surface area contributed by atoms with Crippen molar-refractivity contribution in [1.82, 2.24) is 10.2 Å². The zero-order valence-electron chi connectivity index (χ0n) is 18.0. The third-order valence-corrected chi connectivity index (χ3v) is 6.29. The Hall–Kier alpha value is -2.89. The number of nitrogens with zero attached hydrogens (tertiary/aromatic N) is 1. The first kappa shape index (κ1) is 20.4. The van der Waals surface area contributed by atoms with E-state index in [1.165, 1.54) is 12.7 Å². The molecule has 1 aliphatic carbocycles. The molecule has 158 valence electrons. The van der Waals surface area contributed by atoms with Crippen molar-refractivity contribution in [3.8, 4) is 0 Å². The molecule has 0 saturated carbocycles. The third kappa shape index (κ3) is 3.24. The molecular weight excluding hydrogens is 380 g/mol. The number of fused-ring (bicyclic) bond motifs is 2. The van der Waals surface area contributed by atoms with E-state index in [2.05, 4.69) is 26.1 Å². The number of aryl methyl sites for hydroxylation is 1. The lowest BCUT2D eigenvalue weighted by atomic mass is 9.67. The number of piperazine rings is 1. The first-order chi connectivity index (χ1) is 14.3. The zero-order valence-corrected chi connectivity index (χ0v) is 18.0. The van der Waals surface area contributed by atoms with E-state index in [9.17, 15) is 14.4 Å². The summed E-state index contributed by atoms with van der Waals surface area (Å²) in [5.41, 5.74) is 3.89. The number of methoxy groups -OCH3 is 1. The molecule has 2 heterocycles. The van der Waals surface area contributed by atoms with Crippen molar-refractivity contribution in [3.05, 3.63) is 57.9 Å². The maximum Gasteiger partial charge on any atom is 0.337 e. The van der Waals surface area contributed by atoms with Crippen LogP contribution in [0.25, 0.3) is 0 Å². The average Bonchev–Trinajstić information content (AvgIpc) is 2.72. The maximum absolute atomic E-state index is 13.4. The van der Waals surface area contributed by atoms with Crippen LogP contribution in [0.2, 0.25) is 0 Å². The summed E-state index contributed by atoms with van der Waals surface area (Å²) >= 11 is 0. The van der Waals surface area contributed by atoms with Gasteiger partial charge in [-0.05, 0) is 29.4 Å². The van der Waals surface area contributed by atoms with Crippen molar-refractivity contribution in [3.63, 3.8) is 0 Å². The molecule has 1 fully saturated rings. The minimum atomic E-state index is -0.600. The van der Waals surface area contributed by atoms with E-state index in [4.69, 9.17) is 4.74 Å². The maximum atomic E-state index is 13.4. The molecule has 1 amide bonds. The standard InChI is InChI=1S/C24H28N2O4/c1-5-14-6-8-15(9-7-14)18-19-16(12-24(2,3)13-17(19)27)26-11-10-25-22(28)21(26)20(18)23(29)30-4/h6-9,18H,5,10-13H2,1-4H3,(H,25,28)/t18-/m1/s1. The third-order valence-electron chi connectivity index (χ3n) is 6.29. The monoisotopic (exact) mass is 408 g/mol. The van der Waals surface area contributed by atoms with E-state index in [1.807, 2.05) is 29.2 Å². The molecule has 3 aliphatic rings. The summed E-state index contributed by atoms with van der Waals surface area (Å²) < 4.78 is 5.10. The molecule has 4 rings (SSSR count). The Morgan fingerprint density at radius 1 is 1.20 bits per heavy atom. The van der Waals surface area contributed by atoms with Crippen molar-refractivity contribution >= 4 is 17.7 Å². The van der Waals surface area contributed by atoms with Gasteiger partial charge in [0.25, 0.3) is 5.91 Å². The second-order valence-corrected chi connectivity index (χ2v) is 8.99. The van der Waals surface area contributed by atoms with Crippen molar-refractivity contribution in [2.45, 2.75) is 46.0 Å². The van der Waals surface area contributed by atoms with E-state index in [0.29, 0.717) is 37.2 Å². The van der Waals surface area contributed by atoms with Crippen LogP contribution in [0.1, 0.15) is 50.7 Å². The van der Waals surface area contributed by atoms with Crippen LogP contribution >= 0.6 is 0 Å². The Kier molecular flexibility index (Phi) is 5.04. The second kappa shape index (κ2) is 7.42. The smallest absolute Gasteiger partial charge is 0.337 e. The van der Waals surface area contributed by atoms with Crippen molar-refractivity contribution in [2.75, 3.05) is 20.2 Å². The molecule has 1 aromatic rings. The first-order valence-corrected chi connectivity index (χ1v) is 10.5. The van der Waals surface area contributed by atoms with Gasteiger partial charge in [0.15, 0.2) is 5.78 Å². The number of carbonyl (C=O) groups excluding carboxylic acids is 3. The highest BCUT2D eigenvalue weighted by atomic mass is 16.5. The lowest BCUT2D eigenvalue weighted by Gasteiger charge is -2.46. The molecule has 0 radical (unpaired) electrons. The highest BCUT2D eigenvalue weighted by Gasteiger charge is 2.48. The predicted molar refractivity (Wildman–Crippen MR) is 112 cm³/mol. The number of hydrogen-bond donors (Lipinski definition) is 1. The lowest BCUT2D eigenvalue weighted by Crippen LogP contribution is -2.51. The molecule has 1 saturated heterocycles. The Morgan fingerprint density at radius 3 is 2.53 bits per heavy atom. The quantitative estimate of drug-likeness (QED) is 0.779. The van der Waals surface area contributed by atoms with Gasteiger partial charge in [0, 0.05) is 36.7 Å². The van der Waals surface area contributed by atoms with Gasteiger partial charge in [0.1, 0.15) is 5.70 Å². The van der Waals surface area contributed by atoms with Crippen LogP contribution in [-0.2, 0) is 25.5 Å². The number of hydrogen-bond acceptors (Lipinski definition) is 5. The van der Waals surface area contributed by atoms with Crippen LogP contribution in [-0.4, -0.2) is 42.8 Å². The average molecular weight is 408 g/mol. The molecule has 0 bridgehead atoms. The van der Waals surface area contributed by atoms with Gasteiger partial charge in [0.2, 0.25) is 0 Å². The zero-order chi connectivity index (χ0) is 21.6. The van der Waals surface area contributed by atoms with Gasteiger partial charge in [0.05, 0.1) is 12.7 Å². The van der Waals surface area contributed by atoms with Crippen LogP contribution in [0.5, 0.6) is 0 Å². The lowest BCUT2D eigenvalue weighted by molar-refractivity contribution is -0.137. The van der Waals surface area contributed by atoms with Gasteiger partial charge < -0.3 is 15.0 Å². The summed E-state index contributed by atoms with van der Waals surface area (Å²) in [6.07, 6.45) is 2.00. The molecule has 2 aliphatic heterocycles. The van der Waals surface area contributed by atoms with Crippen molar-refractivity contribution in [1.29, 1.82) is 0 Å². The molecule has 0 aromatic heterocycles. The number of amides is 1. The Labute approximate surface area is 177 Å². The topological polar surface area (TPSA) is 75.7 Å². The normalized spacial score (nSPS) is 23.1. The van der Waals surface area contributed by atoms with Gasteiger partial charge >= 0.3 is 5.97 Å². The number of benzene rings is 1. The van der Waals surface area contributed by atoms with Crippen molar-refractivity contribution in [2.24, 2.45) is 5.41 Å². The SMILES string of the molecule is CCc1ccc([C@@H]2C3=C(CC(C)(C)CC3=O)N3CCNC(=O)C3=C2C(=O)OC)cc1. The van der Waals surface area contributed by atoms with Gasteiger partial charge in [-0.3, -0.25) is 9.59 Å². The summed E-state index contributed by atoms with van der Waals surface area (Å²) in [5.74, 6) is -1.42. The molecule has 1 atom stereocenters. The first-order valence-electron chi connectivity index (χ1n) is 10.5. The van der Waals surface area contributed by atoms with Crippen molar-refractivity contribution < 1.29 is 19.1 Å². The molecule has 0 spiro atoms. The van der Waals surface area contributed by atoms with Crippen LogP contribution in [0.4, 0.5) is 0 Å². The summed E-state index contributed by atoms with van der Waals surface area (Å²) in [5, 5.41) is 2.85. The second-order valence-electron chi connectivity index (χ2n) is 8.99. The number of ether oxygens (including phenoxy) is 1. The number of nitrogens with one attached hydrogen (secondary N) is 1. The van der Waals surface area contributed by atoms with E-state index in [-0.39, 0.29) is 22.7 Å². The van der Waals surface area contributed by atoms with E-state index in [1.54, 1.807) is 0 Å². The minimum Gasteiger partial charge on any atom is -0.466 e. The number of rotatable bonds is 3. The molecule has 6 nitrogen and oxygen atoms in total. The van der Waals surface area contributed by atoms with Crippen LogP contribution in [0.15, 0.2) is 46.8 Å². The van der Waals surface area contributed by atoms with Crippen LogP contribution in [0, 0.1) is 5.41 Å². The fourth-order valence-corrected chi connectivity index (χ4v) is 4.89. The molecule has 1 N–H and O–H groups in total. The van der Waals surface area contributed by atoms with Crippen LogP contribution < -0.4 is 5.32 Å². The molecule has 6 heteroatoms. The van der Waals surface area contributed by atoms with E-state index >= 15 is 0 Å². The predicted octanol–water partition coefficient (Wildman–Crippen LogP) is 2.85.